The third-order valence-electron chi connectivity index (χ3n) is 3.82. The number of hydrogen-bond donors (Lipinski definition) is 0. The van der Waals surface area contributed by atoms with Crippen molar-refractivity contribution in [3.05, 3.63) is 0 Å². The number of halogens is 1. The van der Waals surface area contributed by atoms with Crippen molar-refractivity contribution >= 4 is 15.9 Å². The summed E-state index contributed by atoms with van der Waals surface area (Å²) in [7, 11) is 0. The van der Waals surface area contributed by atoms with E-state index in [0.717, 1.165) is 32.7 Å². The molecule has 0 aromatic rings. The van der Waals surface area contributed by atoms with Crippen molar-refractivity contribution in [2.45, 2.75) is 57.4 Å². The van der Waals surface area contributed by atoms with Crippen LogP contribution in [0.2, 0.25) is 0 Å². The highest BCUT2D eigenvalue weighted by Crippen LogP contribution is 2.49. The van der Waals surface area contributed by atoms with Gasteiger partial charge in [-0.2, -0.15) is 0 Å². The lowest BCUT2D eigenvalue weighted by Crippen LogP contribution is -2.53. The zero-order chi connectivity index (χ0) is 12.0. The van der Waals surface area contributed by atoms with E-state index in [1.807, 2.05) is 0 Å². The minimum atomic E-state index is 0.323. The predicted molar refractivity (Wildman–Crippen MR) is 71.2 cm³/mol. The Hall–Kier alpha value is 0.400. The van der Waals surface area contributed by atoms with E-state index in [1.165, 1.54) is 12.8 Å². The lowest BCUT2D eigenvalue weighted by atomic mass is 9.66. The van der Waals surface area contributed by atoms with Gasteiger partial charge in [0.25, 0.3) is 0 Å². The van der Waals surface area contributed by atoms with Crippen LogP contribution in [-0.4, -0.2) is 30.8 Å². The largest absolute Gasteiger partial charge is 0.379 e. The maximum absolute atomic E-state index is 5.88. The number of ether oxygens (including phenoxy) is 2. The van der Waals surface area contributed by atoms with Crippen LogP contribution in [0.1, 0.15) is 46.5 Å². The molecule has 96 valence electrons. The van der Waals surface area contributed by atoms with Gasteiger partial charge in [0.05, 0.1) is 19.3 Å². The fourth-order valence-corrected chi connectivity index (χ4v) is 3.03. The molecule has 0 amide bonds. The average Bonchev–Trinajstić information content (AvgIpc) is 2.31. The van der Waals surface area contributed by atoms with Crippen LogP contribution in [0, 0.1) is 5.41 Å². The summed E-state index contributed by atoms with van der Waals surface area (Å²) < 4.78 is 11.4. The Balaban J connectivity index is 2.06. The van der Waals surface area contributed by atoms with Gasteiger partial charge >= 0.3 is 0 Å². The summed E-state index contributed by atoms with van der Waals surface area (Å²) in [5.74, 6) is 0. The maximum atomic E-state index is 5.88. The normalized spacial score (nSPS) is 33.8. The van der Waals surface area contributed by atoms with Crippen LogP contribution < -0.4 is 0 Å². The molecule has 0 saturated heterocycles. The molecule has 3 atom stereocenters. The Kier molecular flexibility index (Phi) is 6.30. The molecule has 0 N–H and O–H groups in total. The zero-order valence-corrected chi connectivity index (χ0v) is 12.4. The van der Waals surface area contributed by atoms with Gasteiger partial charge in [-0.15, -0.1) is 0 Å². The van der Waals surface area contributed by atoms with Gasteiger partial charge < -0.3 is 9.47 Å². The van der Waals surface area contributed by atoms with Crippen molar-refractivity contribution in [1.82, 2.24) is 0 Å². The SMILES string of the molecule is CCCCOCCOC1CC(Br)C1(C)CC. The Morgan fingerprint density at radius 3 is 2.56 bits per heavy atom. The molecule has 0 aliphatic heterocycles. The molecule has 1 aliphatic rings. The van der Waals surface area contributed by atoms with Crippen molar-refractivity contribution in [3.8, 4) is 0 Å². The monoisotopic (exact) mass is 292 g/mol. The first-order valence-corrected chi connectivity index (χ1v) is 7.40. The smallest absolute Gasteiger partial charge is 0.0704 e. The second-order valence-corrected chi connectivity index (χ2v) is 5.99. The second kappa shape index (κ2) is 6.97. The Morgan fingerprint density at radius 1 is 1.25 bits per heavy atom. The molecule has 0 aromatic heterocycles. The first-order chi connectivity index (χ1) is 7.65. The van der Waals surface area contributed by atoms with Crippen molar-refractivity contribution in [3.63, 3.8) is 0 Å². The Labute approximate surface area is 108 Å². The molecule has 0 spiro atoms. The van der Waals surface area contributed by atoms with Crippen LogP contribution in [0.3, 0.4) is 0 Å². The quantitative estimate of drug-likeness (QED) is 0.501. The highest BCUT2D eigenvalue weighted by molar-refractivity contribution is 9.09. The maximum Gasteiger partial charge on any atom is 0.0704 e. The number of alkyl halides is 1. The number of rotatable bonds is 8. The summed E-state index contributed by atoms with van der Waals surface area (Å²) in [6.07, 6.45) is 5.07. The van der Waals surface area contributed by atoms with E-state index < -0.39 is 0 Å². The third kappa shape index (κ3) is 3.44. The minimum absolute atomic E-state index is 0.323. The molecular formula is C13H25BrO2. The van der Waals surface area contributed by atoms with E-state index in [0.29, 0.717) is 16.3 Å². The summed E-state index contributed by atoms with van der Waals surface area (Å²) in [6, 6.07) is 0. The van der Waals surface area contributed by atoms with E-state index >= 15 is 0 Å². The summed E-state index contributed by atoms with van der Waals surface area (Å²) in [5, 5.41) is 0. The molecule has 0 radical (unpaired) electrons. The molecule has 3 heteroatoms. The minimum Gasteiger partial charge on any atom is -0.379 e. The van der Waals surface area contributed by atoms with Gasteiger partial charge in [0.15, 0.2) is 0 Å². The molecule has 16 heavy (non-hydrogen) atoms. The standard InChI is InChI=1S/C13H25BrO2/c1-4-6-7-15-8-9-16-12-10-11(14)13(12,3)5-2/h11-12H,4-10H2,1-3H3. The molecule has 1 fully saturated rings. The van der Waals surface area contributed by atoms with Gasteiger partial charge in [-0.05, 0) is 19.3 Å². The van der Waals surface area contributed by atoms with Gasteiger partial charge in [-0.1, -0.05) is 43.1 Å². The topological polar surface area (TPSA) is 18.5 Å². The fourth-order valence-electron chi connectivity index (χ4n) is 2.07. The second-order valence-electron chi connectivity index (χ2n) is 4.89. The zero-order valence-electron chi connectivity index (χ0n) is 10.8. The van der Waals surface area contributed by atoms with E-state index in [9.17, 15) is 0 Å². The summed E-state index contributed by atoms with van der Waals surface area (Å²) >= 11 is 3.72. The lowest BCUT2D eigenvalue weighted by molar-refractivity contribution is -0.108. The van der Waals surface area contributed by atoms with Crippen molar-refractivity contribution in [2.24, 2.45) is 5.41 Å². The highest BCUT2D eigenvalue weighted by Gasteiger charge is 2.49. The Bertz CT molecular complexity index is 198. The van der Waals surface area contributed by atoms with Crippen LogP contribution in [0.25, 0.3) is 0 Å². The van der Waals surface area contributed by atoms with Crippen molar-refractivity contribution in [1.29, 1.82) is 0 Å². The molecule has 0 heterocycles. The molecular weight excluding hydrogens is 268 g/mol. The summed E-state index contributed by atoms with van der Waals surface area (Å²) in [5.41, 5.74) is 0.323. The van der Waals surface area contributed by atoms with Crippen LogP contribution >= 0.6 is 15.9 Å². The first-order valence-electron chi connectivity index (χ1n) is 6.48. The Morgan fingerprint density at radius 2 is 2.00 bits per heavy atom. The van der Waals surface area contributed by atoms with Crippen LogP contribution in [0.5, 0.6) is 0 Å². The molecule has 0 bridgehead atoms. The van der Waals surface area contributed by atoms with Gasteiger partial charge in [0.2, 0.25) is 0 Å². The molecule has 1 rings (SSSR count). The van der Waals surface area contributed by atoms with Gasteiger partial charge in [-0.3, -0.25) is 0 Å². The van der Waals surface area contributed by atoms with Gasteiger partial charge in [0.1, 0.15) is 0 Å². The van der Waals surface area contributed by atoms with E-state index in [2.05, 4.69) is 36.7 Å². The van der Waals surface area contributed by atoms with Crippen molar-refractivity contribution in [2.75, 3.05) is 19.8 Å². The molecule has 0 aromatic carbocycles. The van der Waals surface area contributed by atoms with Gasteiger partial charge in [-0.25, -0.2) is 0 Å². The summed E-state index contributed by atoms with van der Waals surface area (Å²) in [6.45, 7) is 9.07. The predicted octanol–water partition coefficient (Wildman–Crippen LogP) is 3.77. The third-order valence-corrected chi connectivity index (χ3v) is 5.24. The van der Waals surface area contributed by atoms with Crippen LogP contribution in [0.4, 0.5) is 0 Å². The van der Waals surface area contributed by atoms with E-state index in [-0.39, 0.29) is 0 Å². The van der Waals surface area contributed by atoms with E-state index in [1.54, 1.807) is 0 Å². The first kappa shape index (κ1) is 14.5. The van der Waals surface area contributed by atoms with Gasteiger partial charge in [0, 0.05) is 16.8 Å². The van der Waals surface area contributed by atoms with E-state index in [4.69, 9.17) is 9.47 Å². The molecule has 1 aliphatic carbocycles. The van der Waals surface area contributed by atoms with Crippen molar-refractivity contribution < 1.29 is 9.47 Å². The lowest BCUT2D eigenvalue weighted by Gasteiger charge is -2.51. The number of unbranched alkanes of at least 4 members (excludes halogenated alkanes) is 1. The molecule has 1 saturated carbocycles. The average molecular weight is 293 g/mol. The summed E-state index contributed by atoms with van der Waals surface area (Å²) in [4.78, 5) is 0.621. The van der Waals surface area contributed by atoms with Crippen LogP contribution in [-0.2, 0) is 9.47 Å². The molecule has 3 unspecified atom stereocenters. The molecule has 2 nitrogen and oxygen atoms in total. The number of hydrogen-bond acceptors (Lipinski definition) is 2. The van der Waals surface area contributed by atoms with Crippen LogP contribution in [0.15, 0.2) is 0 Å². The highest BCUT2D eigenvalue weighted by atomic mass is 79.9. The fraction of sp³-hybridized carbons (Fsp3) is 1.00.